The van der Waals surface area contributed by atoms with Gasteiger partial charge in [0.2, 0.25) is 0 Å². The van der Waals surface area contributed by atoms with Gasteiger partial charge in [-0.15, -0.1) is 0 Å². The van der Waals surface area contributed by atoms with Crippen molar-refractivity contribution in [1.29, 1.82) is 5.26 Å². The molecule has 0 saturated carbocycles. The van der Waals surface area contributed by atoms with Crippen molar-refractivity contribution in [3.05, 3.63) is 58.8 Å². The fourth-order valence-corrected chi connectivity index (χ4v) is 2.05. The average Bonchev–Trinajstić information content (AvgIpc) is 2.56. The highest BCUT2D eigenvalue weighted by atomic mass is 79.9. The minimum atomic E-state index is -0.542. The van der Waals surface area contributed by atoms with Gasteiger partial charge >= 0.3 is 0 Å². The average molecular weight is 373 g/mol. The number of ether oxygens (including phenoxy) is 1. The van der Waals surface area contributed by atoms with E-state index in [2.05, 4.69) is 31.5 Å². The number of rotatable bonds is 5. The number of nitrogens with zero attached hydrogens (tertiary/aromatic N) is 2. The zero-order valence-corrected chi connectivity index (χ0v) is 13.8. The Morgan fingerprint density at radius 2 is 2.17 bits per heavy atom. The maximum absolute atomic E-state index is 12.2. The number of methoxy groups -OCH3 is 1. The number of pyridine rings is 1. The van der Waals surface area contributed by atoms with Crippen LogP contribution in [0, 0.1) is 11.3 Å². The second kappa shape index (κ2) is 7.96. The van der Waals surface area contributed by atoms with Crippen LogP contribution in [-0.4, -0.2) is 18.0 Å². The lowest BCUT2D eigenvalue weighted by molar-refractivity contribution is -0.112. The molecule has 0 radical (unpaired) electrons. The number of amides is 1. The molecule has 0 bridgehead atoms. The Hall–Kier alpha value is -2.85. The number of hydrogen-bond donors (Lipinski definition) is 2. The topological polar surface area (TPSA) is 87.0 Å². The third kappa shape index (κ3) is 4.56. The summed E-state index contributed by atoms with van der Waals surface area (Å²) in [7, 11) is 1.51. The number of carbonyl (C=O) groups is 1. The number of hydrogen-bond acceptors (Lipinski definition) is 5. The quantitative estimate of drug-likeness (QED) is 0.620. The largest absolute Gasteiger partial charge is 0.495 e. The molecule has 0 aliphatic rings. The van der Waals surface area contributed by atoms with Gasteiger partial charge in [0.25, 0.3) is 5.91 Å². The third-order valence-electron chi connectivity index (χ3n) is 2.81. The standard InChI is InChI=1S/C16H13BrN4O2/c1-23-14-5-3-2-4-13(14)21-16(22)11(9-18)10-20-15-8-12(17)6-7-19-15/h2-8,10H,1H3,(H,19,20)(H,21,22)/b11-10-. The van der Waals surface area contributed by atoms with Gasteiger partial charge in [0.1, 0.15) is 23.2 Å². The summed E-state index contributed by atoms with van der Waals surface area (Å²) in [6.45, 7) is 0. The van der Waals surface area contributed by atoms with Crippen LogP contribution in [0.2, 0.25) is 0 Å². The van der Waals surface area contributed by atoms with Crippen molar-refractivity contribution in [2.24, 2.45) is 0 Å². The first-order valence-corrected chi connectivity index (χ1v) is 7.36. The Balaban J connectivity index is 2.12. The molecule has 0 spiro atoms. The smallest absolute Gasteiger partial charge is 0.267 e. The van der Waals surface area contributed by atoms with E-state index >= 15 is 0 Å². The molecule has 0 fully saturated rings. The van der Waals surface area contributed by atoms with Crippen LogP contribution in [0.25, 0.3) is 0 Å². The maximum atomic E-state index is 12.2. The van der Waals surface area contributed by atoms with Crippen molar-refractivity contribution in [3.63, 3.8) is 0 Å². The molecule has 2 rings (SSSR count). The normalized spacial score (nSPS) is 10.6. The van der Waals surface area contributed by atoms with Crippen LogP contribution in [0.15, 0.2) is 58.8 Å². The summed E-state index contributed by atoms with van der Waals surface area (Å²) < 4.78 is 5.99. The van der Waals surface area contributed by atoms with Gasteiger partial charge in [-0.2, -0.15) is 5.26 Å². The molecule has 6 nitrogen and oxygen atoms in total. The summed E-state index contributed by atoms with van der Waals surface area (Å²) in [6, 6.07) is 12.3. The number of anilines is 2. The molecule has 7 heteroatoms. The summed E-state index contributed by atoms with van der Waals surface area (Å²) in [4.78, 5) is 16.2. The van der Waals surface area contributed by atoms with Gasteiger partial charge in [0.15, 0.2) is 0 Å². The monoisotopic (exact) mass is 372 g/mol. The first kappa shape index (κ1) is 16.5. The number of nitrogens with one attached hydrogen (secondary N) is 2. The van der Waals surface area contributed by atoms with Crippen LogP contribution in [0.1, 0.15) is 0 Å². The first-order valence-electron chi connectivity index (χ1n) is 6.56. The Morgan fingerprint density at radius 3 is 2.87 bits per heavy atom. The van der Waals surface area contributed by atoms with Crippen molar-refractivity contribution in [3.8, 4) is 11.8 Å². The predicted molar refractivity (Wildman–Crippen MR) is 90.9 cm³/mol. The van der Waals surface area contributed by atoms with Gasteiger partial charge < -0.3 is 15.4 Å². The zero-order chi connectivity index (χ0) is 16.7. The number of halogens is 1. The van der Waals surface area contributed by atoms with Gasteiger partial charge in [-0.25, -0.2) is 4.98 Å². The van der Waals surface area contributed by atoms with Gasteiger partial charge in [-0.1, -0.05) is 28.1 Å². The molecule has 0 saturated heterocycles. The molecular formula is C16H13BrN4O2. The Morgan fingerprint density at radius 1 is 1.39 bits per heavy atom. The van der Waals surface area contributed by atoms with E-state index in [1.807, 2.05) is 6.07 Å². The Kier molecular flexibility index (Phi) is 5.72. The van der Waals surface area contributed by atoms with E-state index in [0.717, 1.165) is 4.47 Å². The Bertz CT molecular complexity index is 784. The second-order valence-electron chi connectivity index (χ2n) is 4.33. The molecule has 1 aromatic heterocycles. The van der Waals surface area contributed by atoms with E-state index in [0.29, 0.717) is 17.3 Å². The summed E-state index contributed by atoms with van der Waals surface area (Å²) >= 11 is 3.32. The molecule has 1 heterocycles. The SMILES string of the molecule is COc1ccccc1NC(=O)/C(C#N)=C\Nc1cc(Br)ccn1. The third-order valence-corrected chi connectivity index (χ3v) is 3.30. The van der Waals surface area contributed by atoms with Gasteiger partial charge in [0, 0.05) is 16.9 Å². The second-order valence-corrected chi connectivity index (χ2v) is 5.24. The number of benzene rings is 1. The van der Waals surface area contributed by atoms with Gasteiger partial charge in [-0.05, 0) is 24.3 Å². The fraction of sp³-hybridized carbons (Fsp3) is 0.0625. The molecule has 2 aromatic rings. The molecular weight excluding hydrogens is 360 g/mol. The van der Waals surface area contributed by atoms with Gasteiger partial charge in [-0.3, -0.25) is 4.79 Å². The highest BCUT2D eigenvalue weighted by Crippen LogP contribution is 2.23. The van der Waals surface area contributed by atoms with Crippen LogP contribution in [-0.2, 0) is 4.79 Å². The van der Waals surface area contributed by atoms with Crippen LogP contribution >= 0.6 is 15.9 Å². The van der Waals surface area contributed by atoms with Crippen molar-refractivity contribution in [2.75, 3.05) is 17.7 Å². The minimum absolute atomic E-state index is 0.0855. The first-order chi connectivity index (χ1) is 11.1. The summed E-state index contributed by atoms with van der Waals surface area (Å²) in [5.41, 5.74) is 0.402. The number of para-hydroxylation sites is 2. The molecule has 23 heavy (non-hydrogen) atoms. The van der Waals surface area contributed by atoms with Crippen molar-refractivity contribution >= 4 is 33.3 Å². The summed E-state index contributed by atoms with van der Waals surface area (Å²) in [5.74, 6) is 0.483. The Labute approximate surface area is 141 Å². The highest BCUT2D eigenvalue weighted by Gasteiger charge is 2.11. The van der Waals surface area contributed by atoms with Crippen LogP contribution in [0.4, 0.5) is 11.5 Å². The molecule has 1 amide bonds. The van der Waals surface area contributed by atoms with Crippen molar-refractivity contribution < 1.29 is 9.53 Å². The summed E-state index contributed by atoms with van der Waals surface area (Å²) in [5, 5.41) is 14.6. The number of aromatic nitrogens is 1. The number of nitriles is 1. The lowest BCUT2D eigenvalue weighted by Gasteiger charge is -2.09. The van der Waals surface area contributed by atoms with E-state index in [1.165, 1.54) is 13.3 Å². The van der Waals surface area contributed by atoms with E-state index in [-0.39, 0.29) is 5.57 Å². The molecule has 0 aliphatic carbocycles. The highest BCUT2D eigenvalue weighted by molar-refractivity contribution is 9.10. The molecule has 116 valence electrons. The predicted octanol–water partition coefficient (Wildman–Crippen LogP) is 3.31. The van der Waals surface area contributed by atoms with Crippen LogP contribution in [0.3, 0.4) is 0 Å². The molecule has 0 aliphatic heterocycles. The van der Waals surface area contributed by atoms with Crippen molar-refractivity contribution in [2.45, 2.75) is 0 Å². The van der Waals surface area contributed by atoms with E-state index < -0.39 is 5.91 Å². The lowest BCUT2D eigenvalue weighted by atomic mass is 10.2. The molecule has 0 unspecified atom stereocenters. The zero-order valence-electron chi connectivity index (χ0n) is 12.2. The van der Waals surface area contributed by atoms with Crippen LogP contribution < -0.4 is 15.4 Å². The minimum Gasteiger partial charge on any atom is -0.495 e. The summed E-state index contributed by atoms with van der Waals surface area (Å²) in [6.07, 6.45) is 2.90. The van der Waals surface area contributed by atoms with Crippen molar-refractivity contribution in [1.82, 2.24) is 4.98 Å². The van der Waals surface area contributed by atoms with Crippen LogP contribution in [0.5, 0.6) is 5.75 Å². The van der Waals surface area contributed by atoms with E-state index in [1.54, 1.807) is 42.6 Å². The fourth-order valence-electron chi connectivity index (χ4n) is 1.72. The van der Waals surface area contributed by atoms with Gasteiger partial charge in [0.05, 0.1) is 12.8 Å². The molecule has 2 N–H and O–H groups in total. The molecule has 0 atom stereocenters. The van der Waals surface area contributed by atoms with E-state index in [9.17, 15) is 4.79 Å². The lowest BCUT2D eigenvalue weighted by Crippen LogP contribution is -2.15. The maximum Gasteiger partial charge on any atom is 0.267 e. The van der Waals surface area contributed by atoms with E-state index in [4.69, 9.17) is 10.00 Å². The number of carbonyl (C=O) groups excluding carboxylic acids is 1. The molecule has 1 aromatic carbocycles.